The van der Waals surface area contributed by atoms with Gasteiger partial charge in [-0.3, -0.25) is 0 Å². The lowest BCUT2D eigenvalue weighted by Gasteiger charge is -2.21. The average Bonchev–Trinajstić information content (AvgIpc) is 2.17. The first-order valence-corrected chi connectivity index (χ1v) is 3.68. The molecule has 0 fully saturated rings. The molecule has 12 heavy (non-hydrogen) atoms. The van der Waals surface area contributed by atoms with Crippen molar-refractivity contribution in [3.8, 4) is 17.6 Å². The Bertz CT molecular complexity index is 330. The monoisotopic (exact) mass is 161 g/mol. The largest absolute Gasteiger partial charge is 0.485 e. The fourth-order valence-corrected chi connectivity index (χ4v) is 1.08. The predicted octanol–water partition coefficient (Wildman–Crippen LogP) is 1.35. The van der Waals surface area contributed by atoms with Crippen molar-refractivity contribution >= 4 is 0 Å². The fraction of sp³-hybridized carbons (Fsp3) is 0.222. The maximum absolute atomic E-state index is 8.56. The van der Waals surface area contributed by atoms with Crippen LogP contribution >= 0.6 is 0 Å². The zero-order valence-corrected chi connectivity index (χ0v) is 6.36. The van der Waals surface area contributed by atoms with Crippen LogP contribution in [0.3, 0.4) is 0 Å². The maximum Gasteiger partial charge on any atom is 0.218 e. The minimum absolute atomic E-state index is 0.313. The summed E-state index contributed by atoms with van der Waals surface area (Å²) in [5.74, 6) is 1.36. The Morgan fingerprint density at radius 2 is 2.08 bits per heavy atom. The van der Waals surface area contributed by atoms with Gasteiger partial charge in [0.05, 0.1) is 0 Å². The van der Waals surface area contributed by atoms with Gasteiger partial charge in [0.1, 0.15) is 12.7 Å². The standard InChI is InChI=1S/C9H7NO2/c10-5-7-6-11-8-3-1-2-4-9(8)12-7/h1-4,7H,6H2/t7-/m0/s1. The Kier molecular flexibility index (Phi) is 1.60. The number of nitriles is 1. The molecule has 0 aliphatic carbocycles. The molecule has 0 N–H and O–H groups in total. The van der Waals surface area contributed by atoms with Crippen LogP contribution in [0.5, 0.6) is 11.5 Å². The molecule has 0 saturated heterocycles. The summed E-state index contributed by atoms with van der Waals surface area (Å²) in [7, 11) is 0. The molecule has 1 atom stereocenters. The lowest BCUT2D eigenvalue weighted by molar-refractivity contribution is 0.127. The number of fused-ring (bicyclic) bond motifs is 1. The lowest BCUT2D eigenvalue weighted by Crippen LogP contribution is -2.27. The van der Waals surface area contributed by atoms with Crippen LogP contribution in [0.25, 0.3) is 0 Å². The first-order chi connectivity index (χ1) is 5.90. The molecule has 3 heteroatoms. The summed E-state index contributed by atoms with van der Waals surface area (Å²) in [6.45, 7) is 0.313. The number of nitrogens with zero attached hydrogens (tertiary/aromatic N) is 1. The van der Waals surface area contributed by atoms with E-state index in [4.69, 9.17) is 14.7 Å². The van der Waals surface area contributed by atoms with Crippen molar-refractivity contribution in [2.75, 3.05) is 6.61 Å². The van der Waals surface area contributed by atoms with E-state index in [-0.39, 0.29) is 0 Å². The zero-order chi connectivity index (χ0) is 8.39. The van der Waals surface area contributed by atoms with Gasteiger partial charge >= 0.3 is 0 Å². The highest BCUT2D eigenvalue weighted by molar-refractivity contribution is 5.41. The van der Waals surface area contributed by atoms with E-state index < -0.39 is 6.10 Å². The van der Waals surface area contributed by atoms with Crippen LogP contribution in [-0.4, -0.2) is 12.7 Å². The van der Waals surface area contributed by atoms with E-state index in [0.29, 0.717) is 18.1 Å². The van der Waals surface area contributed by atoms with E-state index in [9.17, 15) is 0 Å². The molecule has 1 aromatic rings. The lowest BCUT2D eigenvalue weighted by atomic mass is 10.3. The summed E-state index contributed by atoms with van der Waals surface area (Å²) >= 11 is 0. The van der Waals surface area contributed by atoms with E-state index >= 15 is 0 Å². The van der Waals surface area contributed by atoms with Crippen LogP contribution in [0.4, 0.5) is 0 Å². The van der Waals surface area contributed by atoms with Crippen molar-refractivity contribution in [3.63, 3.8) is 0 Å². The summed E-state index contributed by atoms with van der Waals surface area (Å²) in [5, 5.41) is 8.56. The summed E-state index contributed by atoms with van der Waals surface area (Å²) in [6.07, 6.45) is -0.472. The number of rotatable bonds is 0. The summed E-state index contributed by atoms with van der Waals surface area (Å²) in [5.41, 5.74) is 0. The highest BCUT2D eigenvalue weighted by Crippen LogP contribution is 2.30. The van der Waals surface area contributed by atoms with Crippen LogP contribution in [0.15, 0.2) is 24.3 Å². The Labute approximate surface area is 70.1 Å². The molecule has 1 aliphatic heterocycles. The second-order valence-corrected chi connectivity index (χ2v) is 2.49. The van der Waals surface area contributed by atoms with Crippen LogP contribution in [-0.2, 0) is 0 Å². The Balaban J connectivity index is 2.30. The molecule has 0 spiro atoms. The molecule has 1 aliphatic rings. The smallest absolute Gasteiger partial charge is 0.218 e. The third-order valence-corrected chi connectivity index (χ3v) is 1.65. The molecule has 0 amide bonds. The van der Waals surface area contributed by atoms with Crippen molar-refractivity contribution in [1.82, 2.24) is 0 Å². The SMILES string of the molecule is N#C[C@H]1COc2ccccc2O1. The highest BCUT2D eigenvalue weighted by Gasteiger charge is 2.18. The number of ether oxygens (including phenoxy) is 2. The molecule has 60 valence electrons. The van der Waals surface area contributed by atoms with Gasteiger partial charge in [-0.2, -0.15) is 5.26 Å². The molecule has 2 rings (SSSR count). The molecule has 1 aromatic carbocycles. The number of hydrogen-bond acceptors (Lipinski definition) is 3. The third kappa shape index (κ3) is 1.08. The zero-order valence-electron chi connectivity index (χ0n) is 6.36. The van der Waals surface area contributed by atoms with E-state index in [1.54, 1.807) is 6.07 Å². The fourth-order valence-electron chi connectivity index (χ4n) is 1.08. The van der Waals surface area contributed by atoms with E-state index in [1.807, 2.05) is 24.3 Å². The highest BCUT2D eigenvalue weighted by atomic mass is 16.6. The third-order valence-electron chi connectivity index (χ3n) is 1.65. The molecular formula is C9H7NO2. The molecule has 1 heterocycles. The van der Waals surface area contributed by atoms with Crippen molar-refractivity contribution in [1.29, 1.82) is 5.26 Å². The normalized spacial score (nSPS) is 19.8. The summed E-state index contributed by atoms with van der Waals surface area (Å²) < 4.78 is 10.6. The molecule has 0 radical (unpaired) electrons. The Morgan fingerprint density at radius 1 is 1.33 bits per heavy atom. The topological polar surface area (TPSA) is 42.2 Å². The van der Waals surface area contributed by atoms with Crippen LogP contribution in [0.2, 0.25) is 0 Å². The average molecular weight is 161 g/mol. The van der Waals surface area contributed by atoms with Gasteiger partial charge < -0.3 is 9.47 Å². The van der Waals surface area contributed by atoms with Crippen LogP contribution < -0.4 is 9.47 Å². The van der Waals surface area contributed by atoms with Gasteiger partial charge in [-0.25, -0.2) is 0 Å². The van der Waals surface area contributed by atoms with Gasteiger partial charge in [-0.05, 0) is 12.1 Å². The van der Waals surface area contributed by atoms with Gasteiger partial charge in [0, 0.05) is 0 Å². The first kappa shape index (κ1) is 6.99. The van der Waals surface area contributed by atoms with Crippen molar-refractivity contribution in [2.24, 2.45) is 0 Å². The second-order valence-electron chi connectivity index (χ2n) is 2.49. The minimum Gasteiger partial charge on any atom is -0.485 e. The van der Waals surface area contributed by atoms with E-state index in [0.717, 1.165) is 0 Å². The summed E-state index contributed by atoms with van der Waals surface area (Å²) in [4.78, 5) is 0. The summed E-state index contributed by atoms with van der Waals surface area (Å²) in [6, 6.07) is 9.33. The van der Waals surface area contributed by atoms with Crippen LogP contribution in [0.1, 0.15) is 0 Å². The number of benzene rings is 1. The van der Waals surface area contributed by atoms with Gasteiger partial charge in [0.2, 0.25) is 6.10 Å². The number of para-hydroxylation sites is 2. The molecule has 0 unspecified atom stereocenters. The van der Waals surface area contributed by atoms with E-state index in [2.05, 4.69) is 0 Å². The molecule has 0 bridgehead atoms. The minimum atomic E-state index is -0.472. The number of hydrogen-bond donors (Lipinski definition) is 0. The Hall–Kier alpha value is -1.69. The van der Waals surface area contributed by atoms with Gasteiger partial charge in [-0.15, -0.1) is 0 Å². The van der Waals surface area contributed by atoms with Crippen molar-refractivity contribution in [2.45, 2.75) is 6.10 Å². The second kappa shape index (κ2) is 2.74. The van der Waals surface area contributed by atoms with Gasteiger partial charge in [-0.1, -0.05) is 12.1 Å². The predicted molar refractivity (Wildman–Crippen MR) is 42.0 cm³/mol. The molecule has 3 nitrogen and oxygen atoms in total. The van der Waals surface area contributed by atoms with Crippen molar-refractivity contribution in [3.05, 3.63) is 24.3 Å². The molecule has 0 saturated carbocycles. The maximum atomic E-state index is 8.56. The molecule has 0 aromatic heterocycles. The quantitative estimate of drug-likeness (QED) is 0.576. The van der Waals surface area contributed by atoms with Gasteiger partial charge in [0.15, 0.2) is 11.5 Å². The van der Waals surface area contributed by atoms with E-state index in [1.165, 1.54) is 0 Å². The van der Waals surface area contributed by atoms with Crippen LogP contribution in [0, 0.1) is 11.3 Å². The molecular weight excluding hydrogens is 154 g/mol. The van der Waals surface area contributed by atoms with Crippen molar-refractivity contribution < 1.29 is 9.47 Å². The van der Waals surface area contributed by atoms with Gasteiger partial charge in [0.25, 0.3) is 0 Å². The Morgan fingerprint density at radius 3 is 2.83 bits per heavy atom. The first-order valence-electron chi connectivity index (χ1n) is 3.68.